The highest BCUT2D eigenvalue weighted by Crippen LogP contribution is 2.05. The van der Waals surface area contributed by atoms with Crippen LogP contribution in [0.3, 0.4) is 0 Å². The molecule has 0 N–H and O–H groups in total. The third kappa shape index (κ3) is 2.13. The van der Waals surface area contributed by atoms with Crippen LogP contribution >= 0.6 is 0 Å². The largest absolute Gasteiger partial charge is 0.311 e. The summed E-state index contributed by atoms with van der Waals surface area (Å²) in [7, 11) is 0. The number of aromatic nitrogens is 4. The average molecular weight is 232 g/mol. The highest BCUT2D eigenvalue weighted by molar-refractivity contribution is 5.22. The zero-order valence-corrected chi connectivity index (χ0v) is 10.3. The standard InChI is InChI=1S/C12H16N4O/c1-4-6-15-7-5-13-11(12(15)17)16-10(3)8-9(2)14-16/h5,7-8H,4,6H2,1-3H3. The van der Waals surface area contributed by atoms with Crippen molar-refractivity contribution in [2.24, 2.45) is 0 Å². The van der Waals surface area contributed by atoms with Gasteiger partial charge in [-0.2, -0.15) is 5.10 Å². The minimum Gasteiger partial charge on any atom is -0.311 e. The predicted octanol–water partition coefficient (Wildman–Crippen LogP) is 1.46. The molecule has 5 heteroatoms. The zero-order chi connectivity index (χ0) is 12.4. The Labute approximate surface area is 99.7 Å². The van der Waals surface area contributed by atoms with E-state index in [1.165, 1.54) is 0 Å². The van der Waals surface area contributed by atoms with Crippen molar-refractivity contribution < 1.29 is 0 Å². The second-order valence-electron chi connectivity index (χ2n) is 4.09. The van der Waals surface area contributed by atoms with E-state index in [-0.39, 0.29) is 5.56 Å². The van der Waals surface area contributed by atoms with Gasteiger partial charge in [0, 0.05) is 24.6 Å². The van der Waals surface area contributed by atoms with E-state index in [0.29, 0.717) is 12.4 Å². The molecule has 2 aromatic heterocycles. The molecule has 0 aliphatic carbocycles. The SMILES string of the molecule is CCCn1ccnc(-n2nc(C)cc2C)c1=O. The van der Waals surface area contributed by atoms with Crippen molar-refractivity contribution in [3.8, 4) is 5.82 Å². The maximum atomic E-state index is 12.2. The highest BCUT2D eigenvalue weighted by Gasteiger charge is 2.10. The summed E-state index contributed by atoms with van der Waals surface area (Å²) in [6, 6.07) is 1.93. The third-order valence-electron chi connectivity index (χ3n) is 2.57. The lowest BCUT2D eigenvalue weighted by Gasteiger charge is -2.06. The van der Waals surface area contributed by atoms with Crippen LogP contribution in [-0.2, 0) is 6.54 Å². The van der Waals surface area contributed by atoms with E-state index in [1.807, 2.05) is 26.8 Å². The minimum atomic E-state index is -0.0967. The topological polar surface area (TPSA) is 52.7 Å². The second-order valence-corrected chi connectivity index (χ2v) is 4.09. The van der Waals surface area contributed by atoms with Crippen molar-refractivity contribution in [2.75, 3.05) is 0 Å². The first kappa shape index (κ1) is 11.6. The number of rotatable bonds is 3. The molecule has 0 fully saturated rings. The number of nitrogens with zero attached hydrogens (tertiary/aromatic N) is 4. The Balaban J connectivity index is 2.56. The Hall–Kier alpha value is -1.91. The van der Waals surface area contributed by atoms with Crippen LogP contribution in [0.1, 0.15) is 24.7 Å². The van der Waals surface area contributed by atoms with Gasteiger partial charge in [-0.3, -0.25) is 4.79 Å². The summed E-state index contributed by atoms with van der Waals surface area (Å²) in [5, 5.41) is 4.28. The molecule has 2 heterocycles. The summed E-state index contributed by atoms with van der Waals surface area (Å²) in [6.45, 7) is 6.55. The molecule has 0 bridgehead atoms. The highest BCUT2D eigenvalue weighted by atomic mass is 16.1. The van der Waals surface area contributed by atoms with E-state index in [4.69, 9.17) is 0 Å². The van der Waals surface area contributed by atoms with Crippen molar-refractivity contribution in [1.82, 2.24) is 19.3 Å². The van der Waals surface area contributed by atoms with Crippen LogP contribution in [0.4, 0.5) is 0 Å². The van der Waals surface area contributed by atoms with E-state index in [9.17, 15) is 4.79 Å². The maximum absolute atomic E-state index is 12.2. The maximum Gasteiger partial charge on any atom is 0.295 e. The Morgan fingerprint density at radius 2 is 2.12 bits per heavy atom. The molecule has 0 aliphatic rings. The molecule has 0 amide bonds. The van der Waals surface area contributed by atoms with Gasteiger partial charge < -0.3 is 4.57 Å². The zero-order valence-electron chi connectivity index (χ0n) is 10.3. The van der Waals surface area contributed by atoms with E-state index >= 15 is 0 Å². The van der Waals surface area contributed by atoms with Gasteiger partial charge >= 0.3 is 0 Å². The van der Waals surface area contributed by atoms with Crippen LogP contribution in [-0.4, -0.2) is 19.3 Å². The first-order chi connectivity index (χ1) is 8.13. The monoisotopic (exact) mass is 232 g/mol. The smallest absolute Gasteiger partial charge is 0.295 e. The van der Waals surface area contributed by atoms with Gasteiger partial charge in [-0.15, -0.1) is 0 Å². The van der Waals surface area contributed by atoms with Gasteiger partial charge in [-0.25, -0.2) is 9.67 Å². The molecular weight excluding hydrogens is 216 g/mol. The fourth-order valence-electron chi connectivity index (χ4n) is 1.84. The molecule has 0 spiro atoms. The first-order valence-electron chi connectivity index (χ1n) is 5.72. The van der Waals surface area contributed by atoms with Crippen molar-refractivity contribution in [1.29, 1.82) is 0 Å². The van der Waals surface area contributed by atoms with Gasteiger partial charge in [-0.1, -0.05) is 6.92 Å². The Bertz CT molecular complexity index is 582. The van der Waals surface area contributed by atoms with Crippen molar-refractivity contribution in [3.63, 3.8) is 0 Å². The van der Waals surface area contributed by atoms with Crippen LogP contribution in [0, 0.1) is 13.8 Å². The van der Waals surface area contributed by atoms with Crippen molar-refractivity contribution in [3.05, 3.63) is 40.2 Å². The van der Waals surface area contributed by atoms with Crippen molar-refractivity contribution >= 4 is 0 Å². The molecule has 0 saturated carbocycles. The summed E-state index contributed by atoms with van der Waals surface area (Å²) >= 11 is 0. The van der Waals surface area contributed by atoms with Gasteiger partial charge in [0.1, 0.15) is 0 Å². The molecule has 0 unspecified atom stereocenters. The molecule has 0 radical (unpaired) electrons. The molecule has 0 atom stereocenters. The Morgan fingerprint density at radius 1 is 1.35 bits per heavy atom. The quantitative estimate of drug-likeness (QED) is 0.805. The fraction of sp³-hybridized carbons (Fsp3) is 0.417. The van der Waals surface area contributed by atoms with E-state index in [1.54, 1.807) is 21.6 Å². The Kier molecular flexibility index (Phi) is 3.08. The van der Waals surface area contributed by atoms with Crippen LogP contribution in [0.2, 0.25) is 0 Å². The van der Waals surface area contributed by atoms with E-state index < -0.39 is 0 Å². The van der Waals surface area contributed by atoms with E-state index in [0.717, 1.165) is 17.8 Å². The molecule has 0 aliphatic heterocycles. The summed E-state index contributed by atoms with van der Waals surface area (Å²) < 4.78 is 3.27. The molecule has 0 saturated heterocycles. The van der Waals surface area contributed by atoms with Gasteiger partial charge in [0.15, 0.2) is 0 Å². The van der Waals surface area contributed by atoms with Crippen LogP contribution in [0.15, 0.2) is 23.3 Å². The summed E-state index contributed by atoms with van der Waals surface area (Å²) in [5.74, 6) is 0.367. The number of hydrogen-bond acceptors (Lipinski definition) is 3. The molecule has 2 aromatic rings. The number of aryl methyl sites for hydroxylation is 3. The third-order valence-corrected chi connectivity index (χ3v) is 2.57. The van der Waals surface area contributed by atoms with Crippen LogP contribution in [0.25, 0.3) is 5.82 Å². The van der Waals surface area contributed by atoms with E-state index in [2.05, 4.69) is 10.1 Å². The van der Waals surface area contributed by atoms with Gasteiger partial charge in [0.05, 0.1) is 5.69 Å². The average Bonchev–Trinajstić information content (AvgIpc) is 2.61. The lowest BCUT2D eigenvalue weighted by atomic mass is 10.4. The molecule has 17 heavy (non-hydrogen) atoms. The van der Waals surface area contributed by atoms with Crippen LogP contribution < -0.4 is 5.56 Å². The van der Waals surface area contributed by atoms with Gasteiger partial charge in [0.25, 0.3) is 5.56 Å². The fourth-order valence-corrected chi connectivity index (χ4v) is 1.84. The number of hydrogen-bond donors (Lipinski definition) is 0. The molecule has 2 rings (SSSR count). The molecular formula is C12H16N4O. The van der Waals surface area contributed by atoms with Gasteiger partial charge in [-0.05, 0) is 26.3 Å². The molecule has 90 valence electrons. The Morgan fingerprint density at radius 3 is 2.71 bits per heavy atom. The van der Waals surface area contributed by atoms with Crippen molar-refractivity contribution in [2.45, 2.75) is 33.7 Å². The van der Waals surface area contributed by atoms with Crippen LogP contribution in [0.5, 0.6) is 0 Å². The molecule has 0 aromatic carbocycles. The lowest BCUT2D eigenvalue weighted by molar-refractivity contribution is 0.634. The normalized spacial score (nSPS) is 10.8. The predicted molar refractivity (Wildman–Crippen MR) is 65.4 cm³/mol. The summed E-state index contributed by atoms with van der Waals surface area (Å²) in [4.78, 5) is 16.3. The summed E-state index contributed by atoms with van der Waals surface area (Å²) in [5.41, 5.74) is 1.71. The van der Waals surface area contributed by atoms with Gasteiger partial charge in [0.2, 0.25) is 5.82 Å². The summed E-state index contributed by atoms with van der Waals surface area (Å²) in [6.07, 6.45) is 4.27. The molecule has 5 nitrogen and oxygen atoms in total. The second kappa shape index (κ2) is 4.53. The first-order valence-corrected chi connectivity index (χ1v) is 5.72. The minimum absolute atomic E-state index is 0.0967. The lowest BCUT2D eigenvalue weighted by Crippen LogP contribution is -2.26.